The van der Waals surface area contributed by atoms with Crippen molar-refractivity contribution in [1.82, 2.24) is 9.97 Å². The quantitative estimate of drug-likeness (QED) is 0.828. The number of aromatic nitrogens is 2. The van der Waals surface area contributed by atoms with Crippen LogP contribution in [0.25, 0.3) is 0 Å². The smallest absolute Gasteiger partial charge is 0.191 e. The molecular weight excluding hydrogens is 235 g/mol. The Morgan fingerprint density at radius 3 is 2.33 bits per heavy atom. The summed E-state index contributed by atoms with van der Waals surface area (Å²) in [6.07, 6.45) is 3.22. The standard InChI is InChI=1S/C13H11FN2O2/c14-11-3-1-9(2-4-11)5-13-15-6-10(7-16-13)12(18)8-17/h1-4,6-7,17H,5,8H2. The van der Waals surface area contributed by atoms with Crippen molar-refractivity contribution >= 4 is 5.78 Å². The van der Waals surface area contributed by atoms with Gasteiger partial charge in [0.1, 0.15) is 18.2 Å². The molecule has 18 heavy (non-hydrogen) atoms. The van der Waals surface area contributed by atoms with Gasteiger partial charge in [0, 0.05) is 18.8 Å². The summed E-state index contributed by atoms with van der Waals surface area (Å²) in [6, 6.07) is 6.06. The number of benzene rings is 1. The molecule has 5 heteroatoms. The maximum Gasteiger partial charge on any atom is 0.191 e. The Kier molecular flexibility index (Phi) is 3.74. The monoisotopic (exact) mass is 246 g/mol. The van der Waals surface area contributed by atoms with Crippen LogP contribution in [0.15, 0.2) is 36.7 Å². The van der Waals surface area contributed by atoms with Crippen molar-refractivity contribution in [2.24, 2.45) is 0 Å². The second-order valence-corrected chi connectivity index (χ2v) is 3.77. The third-order valence-electron chi connectivity index (χ3n) is 2.45. The molecule has 92 valence electrons. The highest BCUT2D eigenvalue weighted by molar-refractivity contribution is 5.96. The molecule has 0 amide bonds. The molecule has 0 saturated heterocycles. The van der Waals surface area contributed by atoms with Crippen LogP contribution in [0.1, 0.15) is 21.7 Å². The van der Waals surface area contributed by atoms with Crippen molar-refractivity contribution in [2.45, 2.75) is 6.42 Å². The molecule has 0 spiro atoms. The molecule has 0 aliphatic rings. The van der Waals surface area contributed by atoms with Crippen molar-refractivity contribution in [2.75, 3.05) is 6.61 Å². The minimum Gasteiger partial charge on any atom is -0.388 e. The van der Waals surface area contributed by atoms with Gasteiger partial charge in [0.25, 0.3) is 0 Å². The van der Waals surface area contributed by atoms with Crippen molar-refractivity contribution in [1.29, 1.82) is 0 Å². The van der Waals surface area contributed by atoms with Crippen LogP contribution in [0.5, 0.6) is 0 Å². The van der Waals surface area contributed by atoms with E-state index in [1.54, 1.807) is 12.1 Å². The predicted molar refractivity (Wildman–Crippen MR) is 62.7 cm³/mol. The van der Waals surface area contributed by atoms with Crippen molar-refractivity contribution in [3.63, 3.8) is 0 Å². The van der Waals surface area contributed by atoms with E-state index in [4.69, 9.17) is 5.11 Å². The fourth-order valence-corrected chi connectivity index (χ4v) is 1.47. The van der Waals surface area contributed by atoms with Gasteiger partial charge >= 0.3 is 0 Å². The van der Waals surface area contributed by atoms with Gasteiger partial charge in [-0.1, -0.05) is 12.1 Å². The SMILES string of the molecule is O=C(CO)c1cnc(Cc2ccc(F)cc2)nc1. The lowest BCUT2D eigenvalue weighted by Crippen LogP contribution is -2.07. The summed E-state index contributed by atoms with van der Waals surface area (Å²) < 4.78 is 12.7. The number of halogens is 1. The van der Waals surface area contributed by atoms with Crippen LogP contribution in [0, 0.1) is 5.82 Å². The molecule has 1 aromatic carbocycles. The molecule has 2 aromatic rings. The molecule has 0 atom stereocenters. The van der Waals surface area contributed by atoms with Gasteiger partial charge < -0.3 is 5.11 Å². The Bertz CT molecular complexity index is 538. The zero-order chi connectivity index (χ0) is 13.0. The van der Waals surface area contributed by atoms with E-state index in [2.05, 4.69) is 9.97 Å². The Balaban J connectivity index is 2.10. The van der Waals surface area contributed by atoms with Crippen LogP contribution >= 0.6 is 0 Å². The number of ketones is 1. The minimum absolute atomic E-state index is 0.278. The second-order valence-electron chi connectivity index (χ2n) is 3.77. The van der Waals surface area contributed by atoms with E-state index in [1.807, 2.05) is 0 Å². The average Bonchev–Trinajstić information content (AvgIpc) is 2.41. The molecule has 1 heterocycles. The van der Waals surface area contributed by atoms with Gasteiger partial charge in [-0.05, 0) is 17.7 Å². The van der Waals surface area contributed by atoms with Crippen LogP contribution < -0.4 is 0 Å². The molecule has 0 unspecified atom stereocenters. The van der Waals surface area contributed by atoms with Gasteiger partial charge in [-0.2, -0.15) is 0 Å². The summed E-state index contributed by atoms with van der Waals surface area (Å²) in [7, 11) is 0. The lowest BCUT2D eigenvalue weighted by atomic mass is 10.1. The maximum atomic E-state index is 12.7. The third-order valence-corrected chi connectivity index (χ3v) is 2.45. The number of rotatable bonds is 4. The molecule has 4 nitrogen and oxygen atoms in total. The summed E-state index contributed by atoms with van der Waals surface area (Å²) in [5, 5.41) is 8.68. The summed E-state index contributed by atoms with van der Waals surface area (Å²) in [5.41, 5.74) is 1.16. The first-order valence-electron chi connectivity index (χ1n) is 5.38. The average molecular weight is 246 g/mol. The van der Waals surface area contributed by atoms with Crippen LogP contribution in [-0.2, 0) is 6.42 Å². The van der Waals surface area contributed by atoms with E-state index >= 15 is 0 Å². The van der Waals surface area contributed by atoms with E-state index in [0.717, 1.165) is 5.56 Å². The molecular formula is C13H11FN2O2. The van der Waals surface area contributed by atoms with Gasteiger partial charge in [0.05, 0.1) is 5.56 Å². The number of hydrogen-bond acceptors (Lipinski definition) is 4. The number of Topliss-reactive ketones (excluding diaryl/α,β-unsaturated/α-hetero) is 1. The Hall–Kier alpha value is -2.14. The summed E-state index contributed by atoms with van der Waals surface area (Å²) >= 11 is 0. The predicted octanol–water partition coefficient (Wildman–Crippen LogP) is 1.38. The Morgan fingerprint density at radius 2 is 1.78 bits per heavy atom. The molecule has 0 radical (unpaired) electrons. The highest BCUT2D eigenvalue weighted by Crippen LogP contribution is 2.07. The number of carbonyl (C=O) groups excluding carboxylic acids is 1. The first-order valence-corrected chi connectivity index (χ1v) is 5.38. The fourth-order valence-electron chi connectivity index (χ4n) is 1.47. The molecule has 0 fully saturated rings. The molecule has 1 N–H and O–H groups in total. The van der Waals surface area contributed by atoms with Gasteiger partial charge in [-0.25, -0.2) is 14.4 Å². The highest BCUT2D eigenvalue weighted by Gasteiger charge is 2.06. The third kappa shape index (κ3) is 2.95. The number of carbonyl (C=O) groups is 1. The van der Waals surface area contributed by atoms with E-state index in [0.29, 0.717) is 12.2 Å². The highest BCUT2D eigenvalue weighted by atomic mass is 19.1. The Morgan fingerprint density at radius 1 is 1.17 bits per heavy atom. The molecule has 1 aromatic heterocycles. The van der Waals surface area contributed by atoms with Crippen molar-refractivity contribution in [3.05, 3.63) is 59.4 Å². The van der Waals surface area contributed by atoms with Crippen molar-refractivity contribution < 1.29 is 14.3 Å². The van der Waals surface area contributed by atoms with Gasteiger partial charge in [-0.3, -0.25) is 4.79 Å². The van der Waals surface area contributed by atoms with Crippen LogP contribution in [0.4, 0.5) is 4.39 Å². The first kappa shape index (κ1) is 12.3. The largest absolute Gasteiger partial charge is 0.388 e. The fraction of sp³-hybridized carbons (Fsp3) is 0.154. The number of hydrogen-bond donors (Lipinski definition) is 1. The van der Waals surface area contributed by atoms with Crippen molar-refractivity contribution in [3.8, 4) is 0 Å². The normalized spacial score (nSPS) is 10.3. The van der Waals surface area contributed by atoms with Crippen LogP contribution in [-0.4, -0.2) is 27.5 Å². The van der Waals surface area contributed by atoms with E-state index in [9.17, 15) is 9.18 Å². The van der Waals surface area contributed by atoms with E-state index < -0.39 is 12.4 Å². The molecule has 0 aliphatic heterocycles. The Labute approximate surface area is 103 Å². The zero-order valence-electron chi connectivity index (χ0n) is 9.51. The number of aliphatic hydroxyl groups excluding tert-OH is 1. The maximum absolute atomic E-state index is 12.7. The van der Waals surface area contributed by atoms with Gasteiger partial charge in [0.2, 0.25) is 0 Å². The van der Waals surface area contributed by atoms with Crippen LogP contribution in [0.2, 0.25) is 0 Å². The summed E-state index contributed by atoms with van der Waals surface area (Å²) in [5.74, 6) is -0.164. The first-order chi connectivity index (χ1) is 8.69. The van der Waals surface area contributed by atoms with Gasteiger partial charge in [-0.15, -0.1) is 0 Å². The number of aliphatic hydroxyl groups is 1. The summed E-state index contributed by atoms with van der Waals surface area (Å²) in [6.45, 7) is -0.555. The second kappa shape index (κ2) is 5.46. The topological polar surface area (TPSA) is 63.1 Å². The number of nitrogens with zero attached hydrogens (tertiary/aromatic N) is 2. The zero-order valence-corrected chi connectivity index (χ0v) is 9.51. The molecule has 0 aliphatic carbocycles. The van der Waals surface area contributed by atoms with E-state index in [-0.39, 0.29) is 11.4 Å². The molecule has 0 saturated carbocycles. The van der Waals surface area contributed by atoms with E-state index in [1.165, 1.54) is 24.5 Å². The lowest BCUT2D eigenvalue weighted by molar-refractivity contribution is 0.0903. The molecule has 2 rings (SSSR count). The summed E-state index contributed by atoms with van der Waals surface area (Å²) in [4.78, 5) is 19.2. The lowest BCUT2D eigenvalue weighted by Gasteiger charge is -2.01. The van der Waals surface area contributed by atoms with Gasteiger partial charge in [0.15, 0.2) is 5.78 Å². The van der Waals surface area contributed by atoms with Crippen LogP contribution in [0.3, 0.4) is 0 Å². The molecule has 0 bridgehead atoms. The minimum atomic E-state index is -0.555.